The molecular formula is C22H18ClFN4O3. The number of carbonyl (C=O) groups excluding carboxylic acids is 1. The third kappa shape index (κ3) is 4.08. The molecule has 0 bridgehead atoms. The van der Waals surface area contributed by atoms with Crippen molar-refractivity contribution in [3.05, 3.63) is 87.2 Å². The van der Waals surface area contributed by atoms with E-state index >= 15 is 0 Å². The number of hydrogen-bond donors (Lipinski definition) is 2. The van der Waals surface area contributed by atoms with Crippen LogP contribution in [0.4, 0.5) is 10.1 Å². The first-order valence-electron chi connectivity index (χ1n) is 9.41. The Labute approximate surface area is 181 Å². The van der Waals surface area contributed by atoms with Gasteiger partial charge in [0.2, 0.25) is 5.91 Å². The molecule has 0 aliphatic rings. The molecule has 0 fully saturated rings. The highest BCUT2D eigenvalue weighted by atomic mass is 35.5. The average molecular weight is 441 g/mol. The molecule has 2 N–H and O–H groups in total. The zero-order valence-electron chi connectivity index (χ0n) is 16.5. The van der Waals surface area contributed by atoms with Gasteiger partial charge in [0.1, 0.15) is 17.9 Å². The molecule has 158 valence electrons. The molecule has 1 amide bonds. The number of nitrogens with one attached hydrogen (secondary N) is 1. The van der Waals surface area contributed by atoms with Gasteiger partial charge in [-0.2, -0.15) is 5.10 Å². The number of carbonyl (C=O) groups is 1. The van der Waals surface area contributed by atoms with Crippen molar-refractivity contribution in [2.24, 2.45) is 0 Å². The molecule has 0 unspecified atom stereocenters. The number of halogens is 2. The van der Waals surface area contributed by atoms with Gasteiger partial charge in [-0.3, -0.25) is 9.59 Å². The number of benzene rings is 2. The fourth-order valence-electron chi connectivity index (χ4n) is 3.34. The van der Waals surface area contributed by atoms with Crippen LogP contribution in [-0.2, 0) is 17.9 Å². The molecule has 4 aromatic rings. The summed E-state index contributed by atoms with van der Waals surface area (Å²) in [6, 6.07) is 10.7. The van der Waals surface area contributed by atoms with E-state index < -0.39 is 23.9 Å². The maximum Gasteiger partial charge on any atom is 0.277 e. The molecule has 0 spiro atoms. The van der Waals surface area contributed by atoms with Crippen molar-refractivity contribution in [2.45, 2.75) is 20.1 Å². The molecule has 31 heavy (non-hydrogen) atoms. The highest BCUT2D eigenvalue weighted by Gasteiger charge is 2.18. The zero-order valence-corrected chi connectivity index (χ0v) is 17.2. The van der Waals surface area contributed by atoms with E-state index in [2.05, 4.69) is 10.4 Å². The van der Waals surface area contributed by atoms with E-state index in [4.69, 9.17) is 11.6 Å². The van der Waals surface area contributed by atoms with Crippen LogP contribution in [0.1, 0.15) is 11.1 Å². The highest BCUT2D eigenvalue weighted by Crippen LogP contribution is 2.25. The molecule has 0 aliphatic carbocycles. The van der Waals surface area contributed by atoms with E-state index in [1.165, 1.54) is 45.7 Å². The molecule has 0 atom stereocenters. The summed E-state index contributed by atoms with van der Waals surface area (Å²) in [6.07, 6.45) is 2.98. The first-order chi connectivity index (χ1) is 14.9. The first kappa shape index (κ1) is 20.8. The SMILES string of the molecule is Cc1ccc(Cl)cc1NC(=O)Cn1ccn2nc(-c3ccc(F)cc3)c(CO)c2c1=O. The van der Waals surface area contributed by atoms with Crippen LogP contribution in [0, 0.1) is 12.7 Å². The van der Waals surface area contributed by atoms with Crippen molar-refractivity contribution < 1.29 is 14.3 Å². The van der Waals surface area contributed by atoms with Crippen molar-refractivity contribution in [2.75, 3.05) is 5.32 Å². The summed E-state index contributed by atoms with van der Waals surface area (Å²) in [7, 11) is 0. The molecular weight excluding hydrogens is 423 g/mol. The smallest absolute Gasteiger partial charge is 0.277 e. The van der Waals surface area contributed by atoms with Crippen molar-refractivity contribution in [3.8, 4) is 11.3 Å². The van der Waals surface area contributed by atoms with Gasteiger partial charge in [0.25, 0.3) is 5.56 Å². The second-order valence-electron chi connectivity index (χ2n) is 7.02. The quantitative estimate of drug-likeness (QED) is 0.498. The summed E-state index contributed by atoms with van der Waals surface area (Å²) in [5.41, 5.74) is 2.30. The fourth-order valence-corrected chi connectivity index (χ4v) is 3.51. The van der Waals surface area contributed by atoms with Crippen LogP contribution < -0.4 is 10.9 Å². The van der Waals surface area contributed by atoms with Gasteiger partial charge in [-0.15, -0.1) is 0 Å². The maximum absolute atomic E-state index is 13.3. The van der Waals surface area contributed by atoms with Crippen LogP contribution in [0.25, 0.3) is 16.8 Å². The Morgan fingerprint density at radius 2 is 1.94 bits per heavy atom. The van der Waals surface area contributed by atoms with Crippen molar-refractivity contribution >= 4 is 28.7 Å². The van der Waals surface area contributed by atoms with E-state index in [9.17, 15) is 19.1 Å². The molecule has 7 nitrogen and oxygen atoms in total. The summed E-state index contributed by atoms with van der Waals surface area (Å²) in [6.45, 7) is 1.16. The van der Waals surface area contributed by atoms with Crippen LogP contribution in [-0.4, -0.2) is 25.2 Å². The number of aliphatic hydroxyl groups excluding tert-OH is 1. The largest absolute Gasteiger partial charge is 0.392 e. The van der Waals surface area contributed by atoms with Gasteiger partial charge >= 0.3 is 0 Å². The number of fused-ring (bicyclic) bond motifs is 1. The lowest BCUT2D eigenvalue weighted by Gasteiger charge is -2.10. The Kier molecular flexibility index (Phi) is 5.58. The van der Waals surface area contributed by atoms with E-state index in [1.807, 2.05) is 6.92 Å². The van der Waals surface area contributed by atoms with Crippen LogP contribution in [0.3, 0.4) is 0 Å². The van der Waals surface area contributed by atoms with Gasteiger partial charge in [-0.05, 0) is 48.9 Å². The Morgan fingerprint density at radius 1 is 1.19 bits per heavy atom. The fraction of sp³-hybridized carbons (Fsp3) is 0.136. The lowest BCUT2D eigenvalue weighted by atomic mass is 10.1. The average Bonchev–Trinajstić information content (AvgIpc) is 3.12. The number of aliphatic hydroxyl groups is 1. The van der Waals surface area contributed by atoms with Crippen LogP contribution in [0.5, 0.6) is 0 Å². The number of hydrogen-bond acceptors (Lipinski definition) is 4. The van der Waals surface area contributed by atoms with Gasteiger partial charge < -0.3 is 15.0 Å². The van der Waals surface area contributed by atoms with Crippen LogP contribution >= 0.6 is 11.6 Å². The maximum atomic E-state index is 13.3. The number of aromatic nitrogens is 3. The summed E-state index contributed by atoms with van der Waals surface area (Å²) in [4.78, 5) is 25.6. The van der Waals surface area contributed by atoms with Gasteiger partial charge in [0, 0.05) is 34.2 Å². The van der Waals surface area contributed by atoms with E-state index in [1.54, 1.807) is 18.2 Å². The second kappa shape index (κ2) is 8.33. The number of anilines is 1. The lowest BCUT2D eigenvalue weighted by Crippen LogP contribution is -2.28. The first-order valence-corrected chi connectivity index (χ1v) is 9.78. The molecule has 4 rings (SSSR count). The van der Waals surface area contributed by atoms with Gasteiger partial charge in [0.15, 0.2) is 0 Å². The molecule has 9 heteroatoms. The third-order valence-electron chi connectivity index (χ3n) is 4.92. The number of amides is 1. The van der Waals surface area contributed by atoms with Crippen LogP contribution in [0.2, 0.25) is 5.02 Å². The predicted molar refractivity (Wildman–Crippen MR) is 116 cm³/mol. The van der Waals surface area contributed by atoms with E-state index in [0.717, 1.165) is 5.56 Å². The van der Waals surface area contributed by atoms with E-state index in [-0.39, 0.29) is 12.1 Å². The molecule has 2 heterocycles. The Hall–Kier alpha value is -3.49. The summed E-state index contributed by atoms with van der Waals surface area (Å²) in [5, 5.41) is 17.5. The molecule has 2 aromatic heterocycles. The Morgan fingerprint density at radius 3 is 2.65 bits per heavy atom. The number of rotatable bonds is 5. The monoisotopic (exact) mass is 440 g/mol. The summed E-state index contributed by atoms with van der Waals surface area (Å²) in [5.74, 6) is -0.804. The number of aryl methyl sites for hydroxylation is 1. The van der Waals surface area contributed by atoms with Gasteiger partial charge in [0.05, 0.1) is 12.3 Å². The topological polar surface area (TPSA) is 88.6 Å². The predicted octanol–water partition coefficient (Wildman–Crippen LogP) is 3.39. The highest BCUT2D eigenvalue weighted by molar-refractivity contribution is 6.31. The minimum atomic E-state index is -0.481. The zero-order chi connectivity index (χ0) is 22.1. The Bertz CT molecular complexity index is 1350. The lowest BCUT2D eigenvalue weighted by molar-refractivity contribution is -0.116. The molecule has 0 saturated heterocycles. The minimum absolute atomic E-state index is 0.149. The second-order valence-corrected chi connectivity index (χ2v) is 7.46. The Balaban J connectivity index is 1.69. The summed E-state index contributed by atoms with van der Waals surface area (Å²) >= 11 is 5.99. The van der Waals surface area contributed by atoms with E-state index in [0.29, 0.717) is 27.5 Å². The molecule has 0 aliphatic heterocycles. The molecule has 2 aromatic carbocycles. The molecule has 0 radical (unpaired) electrons. The standard InChI is InChI=1S/C22H18ClFN4O3/c1-13-2-5-15(23)10-18(13)25-19(30)11-27-8-9-28-21(22(27)31)17(12-29)20(26-28)14-3-6-16(24)7-4-14/h2-10,29H,11-12H2,1H3,(H,25,30). The van der Waals surface area contributed by atoms with Crippen molar-refractivity contribution in [1.82, 2.24) is 14.2 Å². The molecule has 0 saturated carbocycles. The third-order valence-corrected chi connectivity index (χ3v) is 5.16. The van der Waals surface area contributed by atoms with Gasteiger partial charge in [-0.25, -0.2) is 8.91 Å². The summed E-state index contributed by atoms with van der Waals surface area (Å²) < 4.78 is 15.8. The van der Waals surface area contributed by atoms with Gasteiger partial charge in [-0.1, -0.05) is 17.7 Å². The minimum Gasteiger partial charge on any atom is -0.392 e. The van der Waals surface area contributed by atoms with Crippen LogP contribution in [0.15, 0.2) is 59.7 Å². The van der Waals surface area contributed by atoms with Crippen molar-refractivity contribution in [3.63, 3.8) is 0 Å². The normalized spacial score (nSPS) is 11.1. The number of nitrogens with zero attached hydrogens (tertiary/aromatic N) is 3. The van der Waals surface area contributed by atoms with Crippen molar-refractivity contribution in [1.29, 1.82) is 0 Å².